The predicted octanol–water partition coefficient (Wildman–Crippen LogP) is 10.3. The third-order valence-electron chi connectivity index (χ3n) is 10.3. The molecule has 5 nitrogen and oxygen atoms in total. The molecule has 8 aromatic rings. The van der Waals surface area contributed by atoms with E-state index in [1.54, 1.807) is 0 Å². The summed E-state index contributed by atoms with van der Waals surface area (Å²) < 4.78 is 2.53. The van der Waals surface area contributed by atoms with Gasteiger partial charge < -0.3 is 9.88 Å². The summed E-state index contributed by atoms with van der Waals surface area (Å²) in [7, 11) is 0. The molecule has 2 aliphatic rings. The van der Waals surface area contributed by atoms with Crippen LogP contribution in [-0.2, 0) is 6.42 Å². The first-order valence-corrected chi connectivity index (χ1v) is 17.5. The average molecular weight is 656 g/mol. The maximum atomic E-state index is 4.64. The maximum absolute atomic E-state index is 4.64. The number of aryl methyl sites for hydroxylation is 1. The average Bonchev–Trinajstić information content (AvgIpc) is 3.55. The molecular formula is C46H33N5. The molecule has 4 aromatic carbocycles. The van der Waals surface area contributed by atoms with Crippen LogP contribution in [0.2, 0.25) is 0 Å². The van der Waals surface area contributed by atoms with Gasteiger partial charge in [0, 0.05) is 41.3 Å². The monoisotopic (exact) mass is 655 g/mol. The van der Waals surface area contributed by atoms with E-state index in [0.29, 0.717) is 0 Å². The number of nitrogens with one attached hydrogen (secondary N) is 1. The predicted molar refractivity (Wildman–Crippen MR) is 210 cm³/mol. The van der Waals surface area contributed by atoms with Crippen LogP contribution in [0.15, 0.2) is 152 Å². The molecular weight excluding hydrogens is 623 g/mol. The third-order valence-corrected chi connectivity index (χ3v) is 10.3. The number of rotatable bonds is 5. The van der Waals surface area contributed by atoms with E-state index in [4.69, 9.17) is 0 Å². The van der Waals surface area contributed by atoms with E-state index >= 15 is 0 Å². The number of fused-ring (bicyclic) bond motifs is 6. The molecule has 0 spiro atoms. The highest BCUT2D eigenvalue weighted by molar-refractivity contribution is 6.13. The number of benzene rings is 4. The molecule has 242 valence electrons. The van der Waals surface area contributed by atoms with Crippen LogP contribution in [0.5, 0.6) is 0 Å². The van der Waals surface area contributed by atoms with E-state index in [-0.39, 0.29) is 0 Å². The fraction of sp³-hybridized carbons (Fsp3) is 0.0652. The van der Waals surface area contributed by atoms with Gasteiger partial charge in [-0.3, -0.25) is 15.0 Å². The summed E-state index contributed by atoms with van der Waals surface area (Å²) in [4.78, 5) is 13.8. The van der Waals surface area contributed by atoms with Gasteiger partial charge in [0.2, 0.25) is 0 Å². The highest BCUT2D eigenvalue weighted by atomic mass is 15.0. The van der Waals surface area contributed by atoms with E-state index in [0.717, 1.165) is 42.2 Å². The van der Waals surface area contributed by atoms with Crippen molar-refractivity contribution in [2.45, 2.75) is 12.8 Å². The minimum Gasteiger partial charge on any atom is -0.380 e. The van der Waals surface area contributed by atoms with Crippen molar-refractivity contribution < 1.29 is 0 Å². The van der Waals surface area contributed by atoms with Gasteiger partial charge in [-0.1, -0.05) is 84.9 Å². The van der Waals surface area contributed by atoms with Gasteiger partial charge in [-0.05, 0) is 106 Å². The van der Waals surface area contributed by atoms with Gasteiger partial charge >= 0.3 is 0 Å². The van der Waals surface area contributed by atoms with E-state index in [1.165, 1.54) is 71.7 Å². The molecule has 4 aromatic heterocycles. The van der Waals surface area contributed by atoms with Crippen LogP contribution in [0.4, 0.5) is 0 Å². The van der Waals surface area contributed by atoms with Gasteiger partial charge in [-0.25, -0.2) is 0 Å². The Morgan fingerprint density at radius 2 is 1.37 bits per heavy atom. The van der Waals surface area contributed by atoms with E-state index in [1.807, 2.05) is 48.9 Å². The van der Waals surface area contributed by atoms with E-state index in [9.17, 15) is 0 Å². The van der Waals surface area contributed by atoms with E-state index < -0.39 is 0 Å². The molecule has 0 atom stereocenters. The van der Waals surface area contributed by atoms with Crippen molar-refractivity contribution >= 4 is 55.5 Å². The van der Waals surface area contributed by atoms with Crippen LogP contribution < -0.4 is 5.32 Å². The zero-order valence-electron chi connectivity index (χ0n) is 27.9. The quantitative estimate of drug-likeness (QED) is 0.201. The molecule has 1 aliphatic carbocycles. The van der Waals surface area contributed by atoms with Crippen molar-refractivity contribution in [3.8, 4) is 17.1 Å². The lowest BCUT2D eigenvalue weighted by atomic mass is 9.87. The molecule has 5 heteroatoms. The molecule has 0 saturated carbocycles. The van der Waals surface area contributed by atoms with Crippen LogP contribution in [0.1, 0.15) is 34.4 Å². The highest BCUT2D eigenvalue weighted by Crippen LogP contribution is 2.42. The molecule has 0 unspecified atom stereocenters. The maximum Gasteiger partial charge on any atom is 0.0892 e. The van der Waals surface area contributed by atoms with Gasteiger partial charge in [-0.2, -0.15) is 0 Å². The lowest BCUT2D eigenvalue weighted by Crippen LogP contribution is -2.16. The van der Waals surface area contributed by atoms with Crippen molar-refractivity contribution in [3.05, 3.63) is 180 Å². The summed E-state index contributed by atoms with van der Waals surface area (Å²) in [5.41, 5.74) is 15.1. The standard InChI is InChI=1S/C46H33N5/c1-2-10-36-30(8-1)9-7-13-44(36)51-45-29-32(34-21-25-50-43(28-34)41-12-4-6-23-48-41)15-18-38(45)39-19-16-35-26-31(14-17-37(35)46(39)51)33-20-24-49-42(27-33)40-11-3-5-22-47-40/h1-13,15-16,18-24,26-29,50H,14,17,25H2. The number of hydrogen-bond donors (Lipinski definition) is 1. The summed E-state index contributed by atoms with van der Waals surface area (Å²) in [6.07, 6.45) is 14.3. The SMILES string of the molecule is C1=C(c2ccc3c4ccc5c(c4n(-c4cccc6ccccc46)c3c2)CCC(c2ccnc(-c3ccccn3)c2)=C5)C=C(c2ccccn2)NC1. The lowest BCUT2D eigenvalue weighted by Gasteiger charge is -2.20. The van der Waals surface area contributed by atoms with Crippen LogP contribution in [0.25, 0.3) is 72.6 Å². The molecule has 0 radical (unpaired) electrons. The topological polar surface area (TPSA) is 55.6 Å². The minimum absolute atomic E-state index is 0.755. The molecule has 5 heterocycles. The number of allylic oxidation sites excluding steroid dienone is 3. The second-order valence-electron chi connectivity index (χ2n) is 13.2. The molecule has 10 rings (SSSR count). The molecule has 0 amide bonds. The van der Waals surface area contributed by atoms with Crippen LogP contribution in [0, 0.1) is 0 Å². The lowest BCUT2D eigenvalue weighted by molar-refractivity contribution is 0.984. The highest BCUT2D eigenvalue weighted by Gasteiger charge is 2.23. The fourth-order valence-electron chi connectivity index (χ4n) is 7.88. The first kappa shape index (κ1) is 29.3. The van der Waals surface area contributed by atoms with Crippen molar-refractivity contribution in [1.29, 1.82) is 0 Å². The van der Waals surface area contributed by atoms with E-state index in [2.05, 4.69) is 134 Å². The van der Waals surface area contributed by atoms with Crippen LogP contribution in [0.3, 0.4) is 0 Å². The minimum atomic E-state index is 0.755. The summed E-state index contributed by atoms with van der Waals surface area (Å²) in [6.45, 7) is 0.755. The Balaban J connectivity index is 1.17. The first-order chi connectivity index (χ1) is 25.3. The zero-order chi connectivity index (χ0) is 33.7. The van der Waals surface area contributed by atoms with Crippen LogP contribution >= 0.6 is 0 Å². The molecule has 0 fully saturated rings. The molecule has 51 heavy (non-hydrogen) atoms. The Labute approximate surface area is 296 Å². The zero-order valence-corrected chi connectivity index (χ0v) is 27.9. The Morgan fingerprint density at radius 3 is 2.25 bits per heavy atom. The molecule has 0 saturated heterocycles. The molecule has 1 aliphatic heterocycles. The number of hydrogen-bond acceptors (Lipinski definition) is 4. The van der Waals surface area contributed by atoms with Gasteiger partial charge in [-0.15, -0.1) is 0 Å². The number of dihydropyridines is 1. The summed E-state index contributed by atoms with van der Waals surface area (Å²) >= 11 is 0. The normalized spacial score (nSPS) is 14.2. The van der Waals surface area contributed by atoms with Crippen LogP contribution in [-0.4, -0.2) is 26.1 Å². The first-order valence-electron chi connectivity index (χ1n) is 17.5. The largest absolute Gasteiger partial charge is 0.380 e. The van der Waals surface area contributed by atoms with Gasteiger partial charge in [0.1, 0.15) is 0 Å². The Hall–Kier alpha value is -6.59. The van der Waals surface area contributed by atoms with Gasteiger partial charge in [0.05, 0.1) is 39.5 Å². The van der Waals surface area contributed by atoms with Gasteiger partial charge in [0.15, 0.2) is 0 Å². The number of pyridine rings is 3. The summed E-state index contributed by atoms with van der Waals surface area (Å²) in [6, 6.07) is 43.3. The van der Waals surface area contributed by atoms with Crippen molar-refractivity contribution in [2.24, 2.45) is 0 Å². The molecule has 1 N–H and O–H groups in total. The second kappa shape index (κ2) is 12.1. The Kier molecular flexibility index (Phi) is 6.95. The second-order valence-corrected chi connectivity index (χ2v) is 13.2. The summed E-state index contributed by atoms with van der Waals surface area (Å²) in [5.74, 6) is 0. The Bertz CT molecular complexity index is 2730. The van der Waals surface area contributed by atoms with Crippen molar-refractivity contribution in [1.82, 2.24) is 24.8 Å². The summed E-state index contributed by atoms with van der Waals surface area (Å²) in [5, 5.41) is 8.54. The Morgan fingerprint density at radius 1 is 0.569 bits per heavy atom. The van der Waals surface area contributed by atoms with Crippen molar-refractivity contribution in [3.63, 3.8) is 0 Å². The molecule has 0 bridgehead atoms. The van der Waals surface area contributed by atoms with Crippen molar-refractivity contribution in [2.75, 3.05) is 6.54 Å². The third kappa shape index (κ3) is 5.05. The smallest absolute Gasteiger partial charge is 0.0892 e. The fourth-order valence-corrected chi connectivity index (χ4v) is 7.88. The number of aromatic nitrogens is 4. The number of nitrogens with zero attached hydrogens (tertiary/aromatic N) is 4. The van der Waals surface area contributed by atoms with Gasteiger partial charge in [0.25, 0.3) is 0 Å².